The van der Waals surface area contributed by atoms with Gasteiger partial charge in [0.2, 0.25) is 0 Å². The molecule has 6 aromatic carbocycles. The highest BCUT2D eigenvalue weighted by Crippen LogP contribution is 2.32. The topological polar surface area (TPSA) is 81.8 Å². The predicted octanol–water partition coefficient (Wildman–Crippen LogP) is 9.46. The van der Waals surface area contributed by atoms with E-state index in [1.807, 2.05) is 114 Å². The van der Waals surface area contributed by atoms with E-state index in [2.05, 4.69) is 54.6 Å². The van der Waals surface area contributed by atoms with E-state index in [4.69, 9.17) is 30.0 Å². The quantitative estimate of drug-likeness (QED) is 0.182. The van der Waals surface area contributed by atoms with Gasteiger partial charge in [-0.3, -0.25) is 0 Å². The van der Waals surface area contributed by atoms with Crippen LogP contribution in [0.4, 0.5) is 0 Å². The summed E-state index contributed by atoms with van der Waals surface area (Å²) in [6.07, 6.45) is 0. The molecule has 9 aromatic rings. The molecule has 0 unspecified atom stereocenters. The highest BCUT2D eigenvalue weighted by Gasteiger charge is 2.17. The van der Waals surface area contributed by atoms with Crippen molar-refractivity contribution in [1.29, 1.82) is 0 Å². The SMILES string of the molecule is c1ccc(-c2nc(-c3ccccc3)nc(-c3ccc(-c4ccc5nc6c(-c7ccccc7)nc(-c7ccccc7)nn6c5c4)cc3)n2)cc1. The molecule has 0 aliphatic rings. The third-order valence-corrected chi connectivity index (χ3v) is 8.51. The summed E-state index contributed by atoms with van der Waals surface area (Å²) < 4.78 is 1.92. The summed E-state index contributed by atoms with van der Waals surface area (Å²) in [6, 6.07) is 54.9. The standard InChI is InChI=1S/C42H27N7/c1-5-13-29(14-6-1)37-42-43-35-26-25-34(27-36(35)49(42)48-41(44-37)32-19-11-4-12-20-32)28-21-23-33(24-22-28)40-46-38(30-15-7-2-8-16-30)45-39(47-40)31-17-9-3-10-18-31/h1-27H. The maximum Gasteiger partial charge on any atom is 0.181 e. The average molecular weight is 630 g/mol. The molecule has 0 amide bonds. The van der Waals surface area contributed by atoms with Crippen LogP contribution >= 0.6 is 0 Å². The van der Waals surface area contributed by atoms with Crippen LogP contribution in [-0.2, 0) is 0 Å². The summed E-state index contributed by atoms with van der Waals surface area (Å²) in [5.74, 6) is 2.54. The van der Waals surface area contributed by atoms with Crippen molar-refractivity contribution >= 4 is 16.7 Å². The zero-order valence-electron chi connectivity index (χ0n) is 26.2. The third kappa shape index (κ3) is 5.39. The maximum atomic E-state index is 5.00. The fraction of sp³-hybridized carbons (Fsp3) is 0. The van der Waals surface area contributed by atoms with Gasteiger partial charge in [-0.15, -0.1) is 5.10 Å². The Bertz CT molecular complexity index is 2510. The molecule has 49 heavy (non-hydrogen) atoms. The molecule has 9 rings (SSSR count). The number of aromatic nitrogens is 7. The molecular weight excluding hydrogens is 603 g/mol. The van der Waals surface area contributed by atoms with E-state index >= 15 is 0 Å². The van der Waals surface area contributed by atoms with Crippen LogP contribution < -0.4 is 0 Å². The molecule has 0 aliphatic heterocycles. The van der Waals surface area contributed by atoms with Crippen LogP contribution in [0.25, 0.3) is 84.6 Å². The van der Waals surface area contributed by atoms with Gasteiger partial charge in [-0.2, -0.15) is 0 Å². The third-order valence-electron chi connectivity index (χ3n) is 8.51. The number of benzene rings is 6. The van der Waals surface area contributed by atoms with Crippen LogP contribution in [0.15, 0.2) is 164 Å². The summed E-state index contributed by atoms with van der Waals surface area (Å²) in [5, 5.41) is 5.00. The van der Waals surface area contributed by atoms with Gasteiger partial charge in [-0.1, -0.05) is 152 Å². The molecule has 0 saturated heterocycles. The smallest absolute Gasteiger partial charge is 0.181 e. The summed E-state index contributed by atoms with van der Waals surface area (Å²) in [7, 11) is 0. The number of fused-ring (bicyclic) bond motifs is 3. The molecule has 0 atom stereocenters. The first kappa shape index (κ1) is 28.4. The molecule has 0 N–H and O–H groups in total. The molecule has 3 aromatic heterocycles. The molecule has 0 spiro atoms. The van der Waals surface area contributed by atoms with Gasteiger partial charge in [0.15, 0.2) is 28.9 Å². The molecule has 0 aliphatic carbocycles. The molecule has 3 heterocycles. The van der Waals surface area contributed by atoms with Gasteiger partial charge >= 0.3 is 0 Å². The Balaban J connectivity index is 1.14. The molecule has 7 nitrogen and oxygen atoms in total. The van der Waals surface area contributed by atoms with E-state index in [0.29, 0.717) is 28.9 Å². The van der Waals surface area contributed by atoms with Gasteiger partial charge in [0.25, 0.3) is 0 Å². The second-order valence-corrected chi connectivity index (χ2v) is 11.7. The number of hydrogen-bond donors (Lipinski definition) is 0. The molecule has 230 valence electrons. The van der Waals surface area contributed by atoms with Crippen LogP contribution in [0.2, 0.25) is 0 Å². The van der Waals surface area contributed by atoms with Crippen LogP contribution in [0.1, 0.15) is 0 Å². The fourth-order valence-corrected chi connectivity index (χ4v) is 6.02. The lowest BCUT2D eigenvalue weighted by Crippen LogP contribution is -2.01. The summed E-state index contributed by atoms with van der Waals surface area (Å²) in [4.78, 5) is 24.6. The summed E-state index contributed by atoms with van der Waals surface area (Å²) >= 11 is 0. The minimum Gasteiger partial charge on any atom is -0.225 e. The second-order valence-electron chi connectivity index (χ2n) is 11.7. The van der Waals surface area contributed by atoms with Crippen LogP contribution in [0.5, 0.6) is 0 Å². The lowest BCUT2D eigenvalue weighted by molar-refractivity contribution is 0.935. The van der Waals surface area contributed by atoms with E-state index < -0.39 is 0 Å². The van der Waals surface area contributed by atoms with Gasteiger partial charge in [-0.05, 0) is 23.3 Å². The Labute approximate surface area is 282 Å². The number of imidazole rings is 1. The first-order valence-electron chi connectivity index (χ1n) is 16.1. The number of nitrogens with zero attached hydrogens (tertiary/aromatic N) is 7. The van der Waals surface area contributed by atoms with E-state index in [-0.39, 0.29) is 0 Å². The minimum absolute atomic E-state index is 0.620. The largest absolute Gasteiger partial charge is 0.225 e. The molecule has 0 fully saturated rings. The van der Waals surface area contributed by atoms with Gasteiger partial charge in [0, 0.05) is 27.8 Å². The van der Waals surface area contributed by atoms with Gasteiger partial charge in [0.05, 0.1) is 11.0 Å². The Morgan fingerprint density at radius 1 is 0.327 bits per heavy atom. The second kappa shape index (κ2) is 12.1. The van der Waals surface area contributed by atoms with Gasteiger partial charge < -0.3 is 0 Å². The molecule has 0 bridgehead atoms. The number of hydrogen-bond acceptors (Lipinski definition) is 6. The van der Waals surface area contributed by atoms with Crippen LogP contribution in [-0.4, -0.2) is 34.5 Å². The zero-order valence-corrected chi connectivity index (χ0v) is 26.2. The molecule has 7 heteroatoms. The lowest BCUT2D eigenvalue weighted by atomic mass is 10.0. The van der Waals surface area contributed by atoms with E-state index in [1.54, 1.807) is 0 Å². The van der Waals surface area contributed by atoms with Crippen molar-refractivity contribution in [2.75, 3.05) is 0 Å². The Kier molecular flexibility index (Phi) is 6.98. The average Bonchev–Trinajstić information content (AvgIpc) is 3.57. The normalized spacial score (nSPS) is 11.3. The zero-order chi connectivity index (χ0) is 32.6. The molecule has 0 saturated carbocycles. The van der Waals surface area contributed by atoms with Crippen molar-refractivity contribution in [1.82, 2.24) is 34.5 Å². The van der Waals surface area contributed by atoms with Crippen molar-refractivity contribution < 1.29 is 0 Å². The Morgan fingerprint density at radius 3 is 1.29 bits per heavy atom. The van der Waals surface area contributed by atoms with E-state index in [0.717, 1.165) is 55.7 Å². The van der Waals surface area contributed by atoms with Crippen LogP contribution in [0, 0.1) is 0 Å². The number of rotatable bonds is 6. The first-order chi connectivity index (χ1) is 24.3. The molecular formula is C42H27N7. The highest BCUT2D eigenvalue weighted by atomic mass is 15.3. The predicted molar refractivity (Wildman–Crippen MR) is 194 cm³/mol. The first-order valence-corrected chi connectivity index (χ1v) is 16.1. The molecule has 0 radical (unpaired) electrons. The highest BCUT2D eigenvalue weighted by molar-refractivity contribution is 5.89. The van der Waals surface area contributed by atoms with Crippen molar-refractivity contribution in [3.63, 3.8) is 0 Å². The summed E-state index contributed by atoms with van der Waals surface area (Å²) in [6.45, 7) is 0. The van der Waals surface area contributed by atoms with Gasteiger partial charge in [-0.25, -0.2) is 29.4 Å². The van der Waals surface area contributed by atoms with Crippen molar-refractivity contribution in [3.05, 3.63) is 164 Å². The van der Waals surface area contributed by atoms with Crippen LogP contribution in [0.3, 0.4) is 0 Å². The Hall–Kier alpha value is -6.86. The van der Waals surface area contributed by atoms with Crippen molar-refractivity contribution in [2.24, 2.45) is 0 Å². The summed E-state index contributed by atoms with van der Waals surface area (Å²) in [5.41, 5.74) is 10.1. The van der Waals surface area contributed by atoms with Gasteiger partial charge in [0.1, 0.15) is 5.69 Å². The monoisotopic (exact) mass is 629 g/mol. The minimum atomic E-state index is 0.620. The maximum absolute atomic E-state index is 5.00. The van der Waals surface area contributed by atoms with E-state index in [9.17, 15) is 0 Å². The Morgan fingerprint density at radius 2 is 0.755 bits per heavy atom. The van der Waals surface area contributed by atoms with Crippen molar-refractivity contribution in [2.45, 2.75) is 0 Å². The van der Waals surface area contributed by atoms with E-state index in [1.165, 1.54) is 0 Å². The van der Waals surface area contributed by atoms with Crippen molar-refractivity contribution in [3.8, 4) is 67.9 Å². The fourth-order valence-electron chi connectivity index (χ4n) is 6.02. The lowest BCUT2D eigenvalue weighted by Gasteiger charge is -2.09.